The van der Waals surface area contributed by atoms with Crippen LogP contribution in [0.15, 0.2) is 30.3 Å². The molecule has 0 saturated heterocycles. The lowest BCUT2D eigenvalue weighted by molar-refractivity contribution is -0.172. The van der Waals surface area contributed by atoms with Gasteiger partial charge in [0.25, 0.3) is 0 Å². The highest BCUT2D eigenvalue weighted by molar-refractivity contribution is 5.81. The fourth-order valence-corrected chi connectivity index (χ4v) is 3.98. The second-order valence-electron chi connectivity index (χ2n) is 5.93. The summed E-state index contributed by atoms with van der Waals surface area (Å²) >= 11 is 0. The van der Waals surface area contributed by atoms with E-state index in [1.165, 1.54) is 0 Å². The molecule has 3 aliphatic carbocycles. The molecule has 0 aliphatic heterocycles. The van der Waals surface area contributed by atoms with Crippen molar-refractivity contribution < 1.29 is 24.5 Å². The van der Waals surface area contributed by atoms with Crippen LogP contribution in [-0.4, -0.2) is 28.3 Å². The van der Waals surface area contributed by atoms with Crippen LogP contribution in [0.1, 0.15) is 19.3 Å². The minimum absolute atomic E-state index is 0.109. The van der Waals surface area contributed by atoms with Gasteiger partial charge in [-0.1, -0.05) is 18.2 Å². The maximum absolute atomic E-state index is 11.5. The third-order valence-electron chi connectivity index (χ3n) is 4.84. The summed E-state index contributed by atoms with van der Waals surface area (Å²) in [5, 5.41) is 18.8. The zero-order valence-electron chi connectivity index (χ0n) is 11.5. The lowest BCUT2D eigenvalue weighted by Gasteiger charge is -2.48. The average Bonchev–Trinajstić information content (AvgIpc) is 2.47. The monoisotopic (exact) mass is 290 g/mol. The van der Waals surface area contributed by atoms with Gasteiger partial charge < -0.3 is 14.9 Å². The molecule has 2 bridgehead atoms. The summed E-state index contributed by atoms with van der Waals surface area (Å²) in [5.74, 6) is -3.25. The quantitative estimate of drug-likeness (QED) is 0.888. The molecule has 3 fully saturated rings. The van der Waals surface area contributed by atoms with Gasteiger partial charge in [0, 0.05) is 5.92 Å². The summed E-state index contributed by atoms with van der Waals surface area (Å²) < 4.78 is 5.94. The van der Waals surface area contributed by atoms with Gasteiger partial charge in [-0.15, -0.1) is 0 Å². The Labute approximate surface area is 122 Å². The molecule has 1 aromatic rings. The molecule has 0 aromatic heterocycles. The van der Waals surface area contributed by atoms with Crippen molar-refractivity contribution >= 4 is 11.9 Å². The van der Waals surface area contributed by atoms with E-state index >= 15 is 0 Å². The molecule has 3 aliphatic rings. The number of hydrogen-bond acceptors (Lipinski definition) is 3. The molecule has 5 nitrogen and oxygen atoms in total. The molecular weight excluding hydrogens is 272 g/mol. The van der Waals surface area contributed by atoms with Crippen LogP contribution in [-0.2, 0) is 9.59 Å². The van der Waals surface area contributed by atoms with Crippen LogP contribution in [0.25, 0.3) is 0 Å². The number of carboxylic acid groups (broad SMARTS) is 2. The van der Waals surface area contributed by atoms with E-state index in [0.29, 0.717) is 12.2 Å². The number of aliphatic carboxylic acids is 2. The first-order valence-corrected chi connectivity index (χ1v) is 7.25. The Kier molecular flexibility index (Phi) is 3.57. The lowest BCUT2D eigenvalue weighted by Crippen LogP contribution is -2.54. The minimum atomic E-state index is -1.02. The van der Waals surface area contributed by atoms with Crippen LogP contribution in [0, 0.1) is 23.7 Å². The third kappa shape index (κ3) is 2.48. The van der Waals surface area contributed by atoms with Gasteiger partial charge in [-0.2, -0.15) is 0 Å². The van der Waals surface area contributed by atoms with Crippen LogP contribution < -0.4 is 4.74 Å². The van der Waals surface area contributed by atoms with Crippen molar-refractivity contribution in [3.8, 4) is 5.75 Å². The molecule has 0 heterocycles. The Bertz CT molecular complexity index is 541. The van der Waals surface area contributed by atoms with Crippen molar-refractivity contribution in [2.24, 2.45) is 23.7 Å². The van der Waals surface area contributed by atoms with Gasteiger partial charge in [-0.05, 0) is 37.3 Å². The summed E-state index contributed by atoms with van der Waals surface area (Å²) in [6, 6.07) is 9.30. The van der Waals surface area contributed by atoms with E-state index in [1.54, 1.807) is 0 Å². The van der Waals surface area contributed by atoms with E-state index in [0.717, 1.165) is 12.8 Å². The minimum Gasteiger partial charge on any atom is -0.490 e. The number of rotatable bonds is 4. The van der Waals surface area contributed by atoms with Gasteiger partial charge >= 0.3 is 11.9 Å². The topological polar surface area (TPSA) is 83.8 Å². The van der Waals surface area contributed by atoms with Crippen molar-refractivity contribution in [1.29, 1.82) is 0 Å². The second-order valence-corrected chi connectivity index (χ2v) is 5.93. The molecule has 21 heavy (non-hydrogen) atoms. The predicted octanol–water partition coefficient (Wildman–Crippen LogP) is 2.27. The van der Waals surface area contributed by atoms with Crippen LogP contribution in [0.4, 0.5) is 0 Å². The fourth-order valence-electron chi connectivity index (χ4n) is 3.98. The third-order valence-corrected chi connectivity index (χ3v) is 4.84. The SMILES string of the molecule is O=C(O)C1C2CCC(C(Oc3ccccc3)C2)C1C(=O)O. The molecule has 0 radical (unpaired) electrons. The van der Waals surface area contributed by atoms with Gasteiger partial charge in [0.15, 0.2) is 0 Å². The Morgan fingerprint density at radius 1 is 1.00 bits per heavy atom. The van der Waals surface area contributed by atoms with Crippen LogP contribution in [0.5, 0.6) is 5.75 Å². The number of para-hydroxylation sites is 1. The number of hydrogen-bond donors (Lipinski definition) is 2. The average molecular weight is 290 g/mol. The van der Waals surface area contributed by atoms with Crippen molar-refractivity contribution in [2.75, 3.05) is 0 Å². The molecule has 0 amide bonds. The van der Waals surface area contributed by atoms with Crippen LogP contribution >= 0.6 is 0 Å². The van der Waals surface area contributed by atoms with Gasteiger partial charge in [-0.3, -0.25) is 9.59 Å². The predicted molar refractivity (Wildman–Crippen MR) is 73.9 cm³/mol. The van der Waals surface area contributed by atoms with Crippen molar-refractivity contribution in [3.63, 3.8) is 0 Å². The molecule has 2 N–H and O–H groups in total. The van der Waals surface area contributed by atoms with E-state index < -0.39 is 23.8 Å². The molecule has 5 unspecified atom stereocenters. The van der Waals surface area contributed by atoms with Crippen molar-refractivity contribution in [1.82, 2.24) is 0 Å². The Morgan fingerprint density at radius 3 is 2.29 bits per heavy atom. The zero-order valence-corrected chi connectivity index (χ0v) is 11.5. The van der Waals surface area contributed by atoms with Gasteiger partial charge in [-0.25, -0.2) is 0 Å². The Balaban J connectivity index is 1.83. The van der Waals surface area contributed by atoms with Gasteiger partial charge in [0.1, 0.15) is 11.9 Å². The second kappa shape index (κ2) is 5.39. The smallest absolute Gasteiger partial charge is 0.307 e. The molecule has 5 heteroatoms. The van der Waals surface area contributed by atoms with Gasteiger partial charge in [0.2, 0.25) is 0 Å². The highest BCUT2D eigenvalue weighted by Crippen LogP contribution is 2.50. The maximum Gasteiger partial charge on any atom is 0.307 e. The molecule has 112 valence electrons. The summed E-state index contributed by atoms with van der Waals surface area (Å²) in [5.41, 5.74) is 0. The van der Waals surface area contributed by atoms with E-state index in [2.05, 4.69) is 0 Å². The number of carboxylic acids is 2. The number of fused-ring (bicyclic) bond motifs is 3. The van der Waals surface area contributed by atoms with E-state index in [1.807, 2.05) is 30.3 Å². The molecule has 1 aromatic carbocycles. The normalized spacial score (nSPS) is 34.4. The molecule has 5 atom stereocenters. The molecular formula is C16H18O5. The fraction of sp³-hybridized carbons (Fsp3) is 0.500. The van der Waals surface area contributed by atoms with Crippen LogP contribution in [0.3, 0.4) is 0 Å². The summed E-state index contributed by atoms with van der Waals surface area (Å²) in [6.07, 6.45) is 1.92. The Hall–Kier alpha value is -2.04. The summed E-state index contributed by atoms with van der Waals surface area (Å²) in [7, 11) is 0. The highest BCUT2D eigenvalue weighted by atomic mass is 16.5. The van der Waals surface area contributed by atoms with Crippen molar-refractivity contribution in [2.45, 2.75) is 25.4 Å². The lowest BCUT2D eigenvalue weighted by atomic mass is 9.57. The summed E-state index contributed by atoms with van der Waals surface area (Å²) in [4.78, 5) is 23.0. The molecule has 4 rings (SSSR count). The largest absolute Gasteiger partial charge is 0.490 e. The highest BCUT2D eigenvalue weighted by Gasteiger charge is 2.55. The molecule has 0 spiro atoms. The first kappa shape index (κ1) is 13.9. The molecule has 3 saturated carbocycles. The standard InChI is InChI=1S/C16H18O5/c17-15(18)13-9-6-7-11(14(13)16(19)20)12(8-9)21-10-4-2-1-3-5-10/h1-5,9,11-14H,6-8H2,(H,17,18)(H,19,20). The van der Waals surface area contributed by atoms with Gasteiger partial charge in [0.05, 0.1) is 11.8 Å². The van der Waals surface area contributed by atoms with E-state index in [4.69, 9.17) is 4.74 Å². The summed E-state index contributed by atoms with van der Waals surface area (Å²) in [6.45, 7) is 0. The van der Waals surface area contributed by atoms with E-state index in [-0.39, 0.29) is 17.9 Å². The Morgan fingerprint density at radius 2 is 1.67 bits per heavy atom. The first-order chi connectivity index (χ1) is 10.1. The zero-order chi connectivity index (χ0) is 15.0. The number of ether oxygens (including phenoxy) is 1. The number of carbonyl (C=O) groups is 2. The van der Waals surface area contributed by atoms with Crippen LogP contribution in [0.2, 0.25) is 0 Å². The van der Waals surface area contributed by atoms with Crippen molar-refractivity contribution in [3.05, 3.63) is 30.3 Å². The number of benzene rings is 1. The first-order valence-electron chi connectivity index (χ1n) is 7.25. The maximum atomic E-state index is 11.5. The van der Waals surface area contributed by atoms with E-state index in [9.17, 15) is 19.8 Å².